The molecular formula is C16H19N. The number of rotatable bonds is 2. The van der Waals surface area contributed by atoms with E-state index in [4.69, 9.17) is 0 Å². The van der Waals surface area contributed by atoms with Gasteiger partial charge in [-0.2, -0.15) is 0 Å². The predicted molar refractivity (Wildman–Crippen MR) is 75.2 cm³/mol. The summed E-state index contributed by atoms with van der Waals surface area (Å²) in [4.78, 5) is 2.24. The fourth-order valence-electron chi connectivity index (χ4n) is 1.99. The second-order valence-electron chi connectivity index (χ2n) is 4.68. The summed E-state index contributed by atoms with van der Waals surface area (Å²) in [5.74, 6) is 0. The van der Waals surface area contributed by atoms with Crippen molar-refractivity contribution >= 4 is 11.4 Å². The van der Waals surface area contributed by atoms with Crippen LogP contribution in [0.1, 0.15) is 16.7 Å². The van der Waals surface area contributed by atoms with Crippen LogP contribution < -0.4 is 4.90 Å². The number of aryl methyl sites for hydroxylation is 3. The van der Waals surface area contributed by atoms with E-state index in [0.717, 1.165) is 0 Å². The van der Waals surface area contributed by atoms with E-state index in [1.54, 1.807) is 0 Å². The third-order valence-electron chi connectivity index (χ3n) is 3.15. The van der Waals surface area contributed by atoms with E-state index in [0.29, 0.717) is 0 Å². The van der Waals surface area contributed by atoms with Crippen LogP contribution in [0.5, 0.6) is 0 Å². The standard InChI is InChI=1S/C16H19N/c1-12-6-9-15(10-7-12)17(4)16-11-13(2)5-8-14(16)3/h5-11H,1-4H3. The van der Waals surface area contributed by atoms with E-state index in [-0.39, 0.29) is 0 Å². The van der Waals surface area contributed by atoms with Gasteiger partial charge in [-0.3, -0.25) is 0 Å². The molecular weight excluding hydrogens is 206 g/mol. The number of benzene rings is 2. The van der Waals surface area contributed by atoms with Crippen LogP contribution in [0.2, 0.25) is 0 Å². The zero-order chi connectivity index (χ0) is 12.4. The summed E-state index contributed by atoms with van der Waals surface area (Å²) >= 11 is 0. The van der Waals surface area contributed by atoms with Crippen LogP contribution in [0.4, 0.5) is 11.4 Å². The SMILES string of the molecule is Cc1ccc(N(C)c2cc(C)ccc2C)cc1. The Morgan fingerprint density at radius 1 is 0.765 bits per heavy atom. The monoisotopic (exact) mass is 225 g/mol. The lowest BCUT2D eigenvalue weighted by Gasteiger charge is -2.22. The number of anilines is 2. The summed E-state index contributed by atoms with van der Waals surface area (Å²) in [5, 5.41) is 0. The molecule has 0 aliphatic carbocycles. The van der Waals surface area contributed by atoms with E-state index in [1.807, 2.05) is 0 Å². The summed E-state index contributed by atoms with van der Waals surface area (Å²) in [5.41, 5.74) is 6.39. The highest BCUT2D eigenvalue weighted by atomic mass is 15.1. The maximum absolute atomic E-state index is 2.24. The Morgan fingerprint density at radius 3 is 2.00 bits per heavy atom. The molecule has 17 heavy (non-hydrogen) atoms. The Kier molecular flexibility index (Phi) is 3.19. The first-order chi connectivity index (χ1) is 8.08. The first-order valence-electron chi connectivity index (χ1n) is 5.95. The van der Waals surface area contributed by atoms with Gasteiger partial charge < -0.3 is 4.90 Å². The van der Waals surface area contributed by atoms with Crippen LogP contribution in [0, 0.1) is 20.8 Å². The highest BCUT2D eigenvalue weighted by molar-refractivity contribution is 5.66. The fraction of sp³-hybridized carbons (Fsp3) is 0.250. The maximum atomic E-state index is 2.24. The smallest absolute Gasteiger partial charge is 0.0440 e. The minimum absolute atomic E-state index is 1.23. The Morgan fingerprint density at radius 2 is 1.35 bits per heavy atom. The Hall–Kier alpha value is -1.76. The molecule has 1 heteroatoms. The molecule has 2 aromatic carbocycles. The molecule has 0 aliphatic rings. The molecule has 0 aromatic heterocycles. The van der Waals surface area contributed by atoms with Crippen molar-refractivity contribution in [3.05, 3.63) is 59.2 Å². The van der Waals surface area contributed by atoms with Crippen LogP contribution in [-0.2, 0) is 0 Å². The zero-order valence-corrected chi connectivity index (χ0v) is 11.0. The fourth-order valence-corrected chi connectivity index (χ4v) is 1.99. The predicted octanol–water partition coefficient (Wildman–Crippen LogP) is 4.38. The van der Waals surface area contributed by atoms with Crippen LogP contribution in [-0.4, -0.2) is 7.05 Å². The van der Waals surface area contributed by atoms with Crippen LogP contribution in [0.15, 0.2) is 42.5 Å². The number of hydrogen-bond acceptors (Lipinski definition) is 1. The molecule has 0 bridgehead atoms. The summed E-state index contributed by atoms with van der Waals surface area (Å²) in [6, 6.07) is 15.2. The largest absolute Gasteiger partial charge is 0.344 e. The first kappa shape index (κ1) is 11.7. The lowest BCUT2D eigenvalue weighted by Crippen LogP contribution is -2.10. The molecule has 0 saturated heterocycles. The van der Waals surface area contributed by atoms with Gasteiger partial charge in [0.2, 0.25) is 0 Å². The van der Waals surface area contributed by atoms with Crippen molar-refractivity contribution in [3.8, 4) is 0 Å². The molecule has 2 aromatic rings. The molecule has 2 rings (SSSR count). The Bertz CT molecular complexity index is 512. The molecule has 1 nitrogen and oxygen atoms in total. The Labute approximate surface area is 104 Å². The van der Waals surface area contributed by atoms with E-state index >= 15 is 0 Å². The lowest BCUT2D eigenvalue weighted by atomic mass is 10.1. The van der Waals surface area contributed by atoms with Crippen LogP contribution in [0.3, 0.4) is 0 Å². The topological polar surface area (TPSA) is 3.24 Å². The maximum Gasteiger partial charge on any atom is 0.0440 e. The molecule has 0 amide bonds. The van der Waals surface area contributed by atoms with Gasteiger partial charge in [0, 0.05) is 18.4 Å². The molecule has 0 atom stereocenters. The highest BCUT2D eigenvalue weighted by Gasteiger charge is 2.06. The van der Waals surface area contributed by atoms with Gasteiger partial charge in [0.1, 0.15) is 0 Å². The molecule has 0 spiro atoms. The first-order valence-corrected chi connectivity index (χ1v) is 5.95. The van der Waals surface area contributed by atoms with Gasteiger partial charge in [-0.25, -0.2) is 0 Å². The Balaban J connectivity index is 2.39. The number of nitrogens with zero attached hydrogens (tertiary/aromatic N) is 1. The summed E-state index contributed by atoms with van der Waals surface area (Å²) in [6.45, 7) is 6.40. The van der Waals surface area contributed by atoms with E-state index in [1.165, 1.54) is 28.1 Å². The van der Waals surface area contributed by atoms with Gasteiger partial charge >= 0.3 is 0 Å². The van der Waals surface area contributed by atoms with Crippen LogP contribution in [0.25, 0.3) is 0 Å². The second-order valence-corrected chi connectivity index (χ2v) is 4.68. The van der Waals surface area contributed by atoms with Crippen molar-refractivity contribution in [2.45, 2.75) is 20.8 Å². The minimum Gasteiger partial charge on any atom is -0.344 e. The van der Waals surface area contributed by atoms with Crippen molar-refractivity contribution in [1.82, 2.24) is 0 Å². The summed E-state index contributed by atoms with van der Waals surface area (Å²) < 4.78 is 0. The van der Waals surface area contributed by atoms with Gasteiger partial charge in [0.05, 0.1) is 0 Å². The highest BCUT2D eigenvalue weighted by Crippen LogP contribution is 2.27. The lowest BCUT2D eigenvalue weighted by molar-refractivity contribution is 1.17. The van der Waals surface area contributed by atoms with Crippen molar-refractivity contribution in [2.24, 2.45) is 0 Å². The van der Waals surface area contributed by atoms with Gasteiger partial charge in [0.15, 0.2) is 0 Å². The number of hydrogen-bond donors (Lipinski definition) is 0. The van der Waals surface area contributed by atoms with E-state index < -0.39 is 0 Å². The molecule has 0 radical (unpaired) electrons. The average molecular weight is 225 g/mol. The quantitative estimate of drug-likeness (QED) is 0.733. The molecule has 0 heterocycles. The molecule has 0 aliphatic heterocycles. The third kappa shape index (κ3) is 2.50. The van der Waals surface area contributed by atoms with Gasteiger partial charge in [-0.1, -0.05) is 29.8 Å². The van der Waals surface area contributed by atoms with Crippen molar-refractivity contribution < 1.29 is 0 Å². The molecule has 88 valence electrons. The average Bonchev–Trinajstić information content (AvgIpc) is 2.32. The normalized spacial score (nSPS) is 10.4. The van der Waals surface area contributed by atoms with E-state index in [2.05, 4.69) is 75.2 Å². The molecule has 0 unspecified atom stereocenters. The second kappa shape index (κ2) is 4.62. The molecule has 0 fully saturated rings. The van der Waals surface area contributed by atoms with E-state index in [9.17, 15) is 0 Å². The van der Waals surface area contributed by atoms with Crippen molar-refractivity contribution in [2.75, 3.05) is 11.9 Å². The zero-order valence-electron chi connectivity index (χ0n) is 11.0. The van der Waals surface area contributed by atoms with Crippen molar-refractivity contribution in [3.63, 3.8) is 0 Å². The molecule has 0 saturated carbocycles. The minimum atomic E-state index is 1.23. The van der Waals surface area contributed by atoms with Crippen molar-refractivity contribution in [1.29, 1.82) is 0 Å². The van der Waals surface area contributed by atoms with Crippen LogP contribution >= 0.6 is 0 Å². The third-order valence-corrected chi connectivity index (χ3v) is 3.15. The van der Waals surface area contributed by atoms with Gasteiger partial charge in [-0.05, 0) is 50.1 Å². The molecule has 0 N–H and O–H groups in total. The summed E-state index contributed by atoms with van der Waals surface area (Å²) in [6.07, 6.45) is 0. The van der Waals surface area contributed by atoms with Gasteiger partial charge in [0.25, 0.3) is 0 Å². The summed E-state index contributed by atoms with van der Waals surface area (Å²) in [7, 11) is 2.12. The van der Waals surface area contributed by atoms with Gasteiger partial charge in [-0.15, -0.1) is 0 Å².